The molecule has 0 aliphatic heterocycles. The first-order chi connectivity index (χ1) is 14.1. The summed E-state index contributed by atoms with van der Waals surface area (Å²) in [6, 6.07) is 8.87. The summed E-state index contributed by atoms with van der Waals surface area (Å²) in [5.41, 5.74) is 0. The summed E-state index contributed by atoms with van der Waals surface area (Å²) in [7, 11) is 0. The summed E-state index contributed by atoms with van der Waals surface area (Å²) in [6.07, 6.45) is 7.30. The number of nitrogens with one attached hydrogen (secondary N) is 2. The Morgan fingerprint density at radius 3 is 2.59 bits per heavy atom. The number of nitrogens with zero attached hydrogens (tertiary/aromatic N) is 2. The van der Waals surface area contributed by atoms with Crippen molar-refractivity contribution >= 4 is 23.5 Å². The lowest BCUT2D eigenvalue weighted by molar-refractivity contribution is -0.137. The maximum absolute atomic E-state index is 12.7. The van der Waals surface area contributed by atoms with E-state index in [1.807, 2.05) is 0 Å². The second-order valence-electron chi connectivity index (χ2n) is 7.14. The molecule has 2 N–H and O–H groups in total. The number of hydrogen-bond acceptors (Lipinski definition) is 5. The number of anilines is 1. The smallest absolute Gasteiger partial charge is 0.239 e. The van der Waals surface area contributed by atoms with Crippen molar-refractivity contribution in [2.24, 2.45) is 0 Å². The highest BCUT2D eigenvalue weighted by atomic mass is 16.3. The third kappa shape index (κ3) is 6.74. The molecule has 0 radical (unpaired) electrons. The average Bonchev–Trinajstić information content (AvgIpc) is 3.40. The largest absolute Gasteiger partial charge is 0.467 e. The van der Waals surface area contributed by atoms with E-state index in [0.717, 1.165) is 25.7 Å². The number of furan rings is 1. The monoisotopic (exact) mass is 398 g/mol. The normalized spacial score (nSPS) is 13.8. The van der Waals surface area contributed by atoms with E-state index in [4.69, 9.17) is 4.42 Å². The molecule has 0 atom stereocenters. The van der Waals surface area contributed by atoms with Gasteiger partial charge in [-0.15, -0.1) is 0 Å². The molecular weight excluding hydrogens is 372 g/mol. The van der Waals surface area contributed by atoms with Crippen LogP contribution in [0.3, 0.4) is 0 Å². The van der Waals surface area contributed by atoms with Crippen LogP contribution in [-0.4, -0.2) is 40.2 Å². The van der Waals surface area contributed by atoms with Crippen LogP contribution in [0.5, 0.6) is 0 Å². The number of aromatic nitrogens is 1. The molecule has 0 aromatic carbocycles. The maximum Gasteiger partial charge on any atom is 0.239 e. The molecule has 29 heavy (non-hydrogen) atoms. The highest BCUT2D eigenvalue weighted by Gasteiger charge is 2.22. The first kappa shape index (κ1) is 20.6. The quantitative estimate of drug-likeness (QED) is 0.675. The Morgan fingerprint density at radius 2 is 1.90 bits per heavy atom. The van der Waals surface area contributed by atoms with Gasteiger partial charge in [0.2, 0.25) is 17.7 Å². The van der Waals surface area contributed by atoms with Gasteiger partial charge in [-0.2, -0.15) is 0 Å². The number of carbonyl (C=O) groups is 3. The van der Waals surface area contributed by atoms with Gasteiger partial charge in [0.05, 0.1) is 19.4 Å². The van der Waals surface area contributed by atoms with Crippen LogP contribution >= 0.6 is 0 Å². The van der Waals surface area contributed by atoms with Crippen molar-refractivity contribution in [3.05, 3.63) is 48.6 Å². The first-order valence-electron chi connectivity index (χ1n) is 9.90. The highest BCUT2D eigenvalue weighted by molar-refractivity contribution is 5.93. The second-order valence-corrected chi connectivity index (χ2v) is 7.14. The molecule has 0 unspecified atom stereocenters. The van der Waals surface area contributed by atoms with Gasteiger partial charge in [-0.1, -0.05) is 18.9 Å². The molecule has 8 heteroatoms. The Labute approximate surface area is 169 Å². The zero-order valence-corrected chi connectivity index (χ0v) is 16.3. The van der Waals surface area contributed by atoms with Gasteiger partial charge >= 0.3 is 0 Å². The fraction of sp³-hybridized carbons (Fsp3) is 0.429. The Balaban J connectivity index is 1.53. The summed E-state index contributed by atoms with van der Waals surface area (Å²) < 4.78 is 5.32. The SMILES string of the molecule is O=C(CCC(=O)N(CC(=O)NC1CCCC1)Cc1ccco1)Nc1ccccn1. The third-order valence-corrected chi connectivity index (χ3v) is 4.83. The number of carbonyl (C=O) groups excluding carboxylic acids is 3. The Hall–Kier alpha value is -3.16. The van der Waals surface area contributed by atoms with Crippen molar-refractivity contribution in [2.75, 3.05) is 11.9 Å². The molecule has 1 aliphatic carbocycles. The number of rotatable bonds is 9. The van der Waals surface area contributed by atoms with Crippen LogP contribution in [0.2, 0.25) is 0 Å². The van der Waals surface area contributed by atoms with E-state index >= 15 is 0 Å². The number of pyridine rings is 1. The van der Waals surface area contributed by atoms with Gasteiger partial charge in [0.25, 0.3) is 0 Å². The second kappa shape index (κ2) is 10.4. The Bertz CT molecular complexity index is 801. The van der Waals surface area contributed by atoms with E-state index in [1.54, 1.807) is 36.5 Å². The summed E-state index contributed by atoms with van der Waals surface area (Å²) in [5, 5.41) is 5.64. The van der Waals surface area contributed by atoms with E-state index in [2.05, 4.69) is 15.6 Å². The van der Waals surface area contributed by atoms with Gasteiger partial charge in [0.1, 0.15) is 11.6 Å². The topological polar surface area (TPSA) is 105 Å². The Morgan fingerprint density at radius 1 is 1.07 bits per heavy atom. The van der Waals surface area contributed by atoms with Crippen LogP contribution in [0, 0.1) is 0 Å². The van der Waals surface area contributed by atoms with Crippen molar-refractivity contribution in [1.29, 1.82) is 0 Å². The summed E-state index contributed by atoms with van der Waals surface area (Å²) in [4.78, 5) is 42.6. The lowest BCUT2D eigenvalue weighted by Gasteiger charge is -2.22. The van der Waals surface area contributed by atoms with Crippen molar-refractivity contribution in [3.63, 3.8) is 0 Å². The van der Waals surface area contributed by atoms with E-state index in [0.29, 0.717) is 11.6 Å². The molecule has 154 valence electrons. The Kier molecular flexibility index (Phi) is 7.38. The van der Waals surface area contributed by atoms with Crippen molar-refractivity contribution in [2.45, 2.75) is 51.1 Å². The molecular formula is C21H26N4O4. The van der Waals surface area contributed by atoms with Crippen molar-refractivity contribution in [1.82, 2.24) is 15.2 Å². The van der Waals surface area contributed by atoms with Gasteiger partial charge in [-0.25, -0.2) is 4.98 Å². The minimum absolute atomic E-state index is 0.00388. The van der Waals surface area contributed by atoms with Crippen molar-refractivity contribution in [3.8, 4) is 0 Å². The molecule has 8 nitrogen and oxygen atoms in total. The lowest BCUT2D eigenvalue weighted by atomic mass is 10.2. The van der Waals surface area contributed by atoms with Crippen LogP contribution < -0.4 is 10.6 Å². The zero-order valence-electron chi connectivity index (χ0n) is 16.3. The minimum atomic E-state index is -0.301. The lowest BCUT2D eigenvalue weighted by Crippen LogP contribution is -2.43. The molecule has 3 rings (SSSR count). The molecule has 2 aromatic heterocycles. The first-order valence-corrected chi connectivity index (χ1v) is 9.90. The number of hydrogen-bond donors (Lipinski definition) is 2. The molecule has 2 heterocycles. The number of amides is 3. The maximum atomic E-state index is 12.7. The van der Waals surface area contributed by atoms with E-state index in [1.165, 1.54) is 11.2 Å². The van der Waals surface area contributed by atoms with Crippen LogP contribution in [0.1, 0.15) is 44.3 Å². The molecule has 2 aromatic rings. The van der Waals surface area contributed by atoms with Crippen molar-refractivity contribution < 1.29 is 18.8 Å². The molecule has 0 bridgehead atoms. The van der Waals surface area contributed by atoms with Crippen LogP contribution in [0.4, 0.5) is 5.82 Å². The predicted octanol–water partition coefficient (Wildman–Crippen LogP) is 2.48. The van der Waals surface area contributed by atoms with E-state index in [-0.39, 0.29) is 49.7 Å². The van der Waals surface area contributed by atoms with Gasteiger partial charge in [0, 0.05) is 25.1 Å². The standard InChI is InChI=1S/C21H26N4O4/c26-19(24-18-9-3-4-12-22-18)10-11-21(28)25(14-17-8-5-13-29-17)15-20(27)23-16-6-1-2-7-16/h3-5,8-9,12-13,16H,1-2,6-7,10-11,14-15H2,(H,23,27)(H,22,24,26). The van der Waals surface area contributed by atoms with Gasteiger partial charge in [-0.3, -0.25) is 14.4 Å². The fourth-order valence-electron chi connectivity index (χ4n) is 3.36. The summed E-state index contributed by atoms with van der Waals surface area (Å²) >= 11 is 0. The summed E-state index contributed by atoms with van der Waals surface area (Å²) in [5.74, 6) is 0.262. The molecule has 3 amide bonds. The summed E-state index contributed by atoms with van der Waals surface area (Å²) in [6.45, 7) is 0.129. The van der Waals surface area contributed by atoms with Crippen LogP contribution in [-0.2, 0) is 20.9 Å². The van der Waals surface area contributed by atoms with E-state index < -0.39 is 0 Å². The molecule has 1 fully saturated rings. The van der Waals surface area contributed by atoms with Gasteiger partial charge < -0.3 is 20.0 Å². The zero-order chi connectivity index (χ0) is 20.5. The highest BCUT2D eigenvalue weighted by Crippen LogP contribution is 2.17. The van der Waals surface area contributed by atoms with Gasteiger partial charge in [-0.05, 0) is 37.1 Å². The van der Waals surface area contributed by atoms with Crippen LogP contribution in [0.15, 0.2) is 47.2 Å². The minimum Gasteiger partial charge on any atom is -0.467 e. The van der Waals surface area contributed by atoms with Crippen LogP contribution in [0.25, 0.3) is 0 Å². The molecule has 1 aliphatic rings. The average molecular weight is 398 g/mol. The molecule has 0 saturated heterocycles. The third-order valence-electron chi connectivity index (χ3n) is 4.83. The molecule has 0 spiro atoms. The fourth-order valence-corrected chi connectivity index (χ4v) is 3.36. The predicted molar refractivity (Wildman–Crippen MR) is 107 cm³/mol. The molecule has 1 saturated carbocycles. The van der Waals surface area contributed by atoms with E-state index in [9.17, 15) is 14.4 Å². The van der Waals surface area contributed by atoms with Gasteiger partial charge in [0.15, 0.2) is 0 Å².